The molecule has 1 heterocycles. The van der Waals surface area contributed by atoms with Crippen LogP contribution >= 0.6 is 0 Å². The second-order valence-corrected chi connectivity index (χ2v) is 3.48. The van der Waals surface area contributed by atoms with E-state index >= 15 is 0 Å². The van der Waals surface area contributed by atoms with Gasteiger partial charge in [-0.2, -0.15) is 0 Å². The van der Waals surface area contributed by atoms with Crippen LogP contribution in [0.2, 0.25) is 0 Å². The van der Waals surface area contributed by atoms with Crippen molar-refractivity contribution in [1.29, 1.82) is 0 Å². The minimum Gasteiger partial charge on any atom is -0.395 e. The molecule has 0 aromatic carbocycles. The van der Waals surface area contributed by atoms with E-state index < -0.39 is 6.43 Å². The molecule has 14 heavy (non-hydrogen) atoms. The quantitative estimate of drug-likeness (QED) is 0.724. The molecule has 1 N–H and O–H groups in total. The second-order valence-electron chi connectivity index (χ2n) is 3.48. The van der Waals surface area contributed by atoms with E-state index in [0.717, 1.165) is 19.4 Å². The molecule has 0 amide bonds. The summed E-state index contributed by atoms with van der Waals surface area (Å²) < 4.78 is 29.6. The first-order chi connectivity index (χ1) is 6.74. The summed E-state index contributed by atoms with van der Waals surface area (Å²) in [7, 11) is 0. The Bertz CT molecular complexity index is 152. The molecule has 0 aromatic rings. The molecular formula is C9H17F2NO2. The molecule has 0 aliphatic carbocycles. The van der Waals surface area contributed by atoms with Crippen molar-refractivity contribution in [1.82, 2.24) is 4.90 Å². The van der Waals surface area contributed by atoms with E-state index in [1.54, 1.807) is 4.90 Å². The molecule has 3 nitrogen and oxygen atoms in total. The summed E-state index contributed by atoms with van der Waals surface area (Å²) in [5, 5.41) is 8.75. The number of aliphatic hydroxyl groups is 1. The first-order valence-electron chi connectivity index (χ1n) is 4.95. The fourth-order valence-electron chi connectivity index (χ4n) is 1.74. The SMILES string of the molecule is OCCN(CC(F)F)C1CCCOC1. The summed E-state index contributed by atoms with van der Waals surface area (Å²) >= 11 is 0. The van der Waals surface area contributed by atoms with Crippen LogP contribution in [0.25, 0.3) is 0 Å². The lowest BCUT2D eigenvalue weighted by Gasteiger charge is -2.33. The first-order valence-corrected chi connectivity index (χ1v) is 4.95. The van der Waals surface area contributed by atoms with E-state index in [9.17, 15) is 8.78 Å². The zero-order chi connectivity index (χ0) is 10.4. The maximum Gasteiger partial charge on any atom is 0.251 e. The molecule has 0 saturated carbocycles. The molecule has 84 valence electrons. The van der Waals surface area contributed by atoms with Crippen LogP contribution in [-0.4, -0.2) is 55.4 Å². The Morgan fingerprint density at radius 3 is 2.79 bits per heavy atom. The Morgan fingerprint density at radius 2 is 2.29 bits per heavy atom. The summed E-state index contributed by atoms with van der Waals surface area (Å²) in [5.74, 6) is 0. The molecule has 1 unspecified atom stereocenters. The van der Waals surface area contributed by atoms with Gasteiger partial charge in [0.25, 0.3) is 6.43 Å². The van der Waals surface area contributed by atoms with Gasteiger partial charge in [0.2, 0.25) is 0 Å². The third kappa shape index (κ3) is 3.86. The fourth-order valence-corrected chi connectivity index (χ4v) is 1.74. The van der Waals surface area contributed by atoms with Crippen molar-refractivity contribution in [2.75, 3.05) is 32.9 Å². The van der Waals surface area contributed by atoms with Crippen LogP contribution in [0.5, 0.6) is 0 Å². The number of nitrogens with zero attached hydrogens (tertiary/aromatic N) is 1. The highest BCUT2D eigenvalue weighted by molar-refractivity contribution is 4.74. The van der Waals surface area contributed by atoms with Gasteiger partial charge in [-0.05, 0) is 12.8 Å². The largest absolute Gasteiger partial charge is 0.395 e. The summed E-state index contributed by atoms with van der Waals surface area (Å²) in [5.41, 5.74) is 0. The summed E-state index contributed by atoms with van der Waals surface area (Å²) in [6.07, 6.45) is -0.550. The van der Waals surface area contributed by atoms with E-state index in [4.69, 9.17) is 9.84 Å². The Balaban J connectivity index is 2.38. The van der Waals surface area contributed by atoms with E-state index in [1.807, 2.05) is 0 Å². The molecule has 5 heteroatoms. The van der Waals surface area contributed by atoms with Gasteiger partial charge in [0.1, 0.15) is 0 Å². The van der Waals surface area contributed by atoms with Crippen LogP contribution < -0.4 is 0 Å². The molecular weight excluding hydrogens is 192 g/mol. The average Bonchev–Trinajstić information content (AvgIpc) is 2.18. The zero-order valence-corrected chi connectivity index (χ0v) is 8.16. The van der Waals surface area contributed by atoms with Gasteiger partial charge in [0.05, 0.1) is 19.8 Å². The summed E-state index contributed by atoms with van der Waals surface area (Å²) in [6, 6.07) is 0.0462. The van der Waals surface area contributed by atoms with Crippen molar-refractivity contribution in [3.05, 3.63) is 0 Å². The van der Waals surface area contributed by atoms with E-state index in [-0.39, 0.29) is 19.2 Å². The average molecular weight is 209 g/mol. The number of hydrogen-bond donors (Lipinski definition) is 1. The van der Waals surface area contributed by atoms with Crippen LogP contribution in [0.1, 0.15) is 12.8 Å². The standard InChI is InChI=1S/C9H17F2NO2/c10-9(11)6-12(3-4-13)8-2-1-5-14-7-8/h8-9,13H,1-7H2. The molecule has 0 bridgehead atoms. The van der Waals surface area contributed by atoms with Crippen LogP contribution in [0.15, 0.2) is 0 Å². The highest BCUT2D eigenvalue weighted by atomic mass is 19.3. The second kappa shape index (κ2) is 6.27. The van der Waals surface area contributed by atoms with Crippen molar-refractivity contribution in [2.45, 2.75) is 25.3 Å². The van der Waals surface area contributed by atoms with Gasteiger partial charge in [-0.15, -0.1) is 0 Å². The van der Waals surface area contributed by atoms with Crippen molar-refractivity contribution in [3.8, 4) is 0 Å². The first kappa shape index (κ1) is 11.8. The molecule has 1 fully saturated rings. The summed E-state index contributed by atoms with van der Waals surface area (Å²) in [6.45, 7) is 1.18. The normalized spacial score (nSPS) is 23.4. The van der Waals surface area contributed by atoms with Gasteiger partial charge >= 0.3 is 0 Å². The molecule has 0 aromatic heterocycles. The predicted molar refractivity (Wildman–Crippen MR) is 48.5 cm³/mol. The molecule has 1 saturated heterocycles. The Hall–Kier alpha value is -0.260. The lowest BCUT2D eigenvalue weighted by atomic mass is 10.1. The number of alkyl halides is 2. The van der Waals surface area contributed by atoms with E-state index in [2.05, 4.69) is 0 Å². The third-order valence-electron chi connectivity index (χ3n) is 2.41. The monoisotopic (exact) mass is 209 g/mol. The van der Waals surface area contributed by atoms with Crippen LogP contribution in [0.3, 0.4) is 0 Å². The Labute approximate surface area is 82.7 Å². The molecule has 1 atom stereocenters. The minimum atomic E-state index is -2.34. The topological polar surface area (TPSA) is 32.7 Å². The van der Waals surface area contributed by atoms with Crippen LogP contribution in [0, 0.1) is 0 Å². The van der Waals surface area contributed by atoms with Gasteiger partial charge in [-0.1, -0.05) is 0 Å². The van der Waals surface area contributed by atoms with Gasteiger partial charge in [-0.25, -0.2) is 8.78 Å². The maximum atomic E-state index is 12.2. The number of halogens is 2. The number of ether oxygens (including phenoxy) is 1. The lowest BCUT2D eigenvalue weighted by molar-refractivity contribution is -0.0123. The van der Waals surface area contributed by atoms with Crippen molar-refractivity contribution in [2.24, 2.45) is 0 Å². The molecule has 1 aliphatic heterocycles. The molecule has 0 spiro atoms. The highest BCUT2D eigenvalue weighted by Crippen LogP contribution is 2.14. The van der Waals surface area contributed by atoms with Gasteiger partial charge in [-0.3, -0.25) is 4.90 Å². The predicted octanol–water partition coefficient (Wildman–Crippen LogP) is 0.725. The molecule has 0 radical (unpaired) electrons. The highest BCUT2D eigenvalue weighted by Gasteiger charge is 2.23. The Morgan fingerprint density at radius 1 is 1.50 bits per heavy atom. The maximum absolute atomic E-state index is 12.2. The van der Waals surface area contributed by atoms with Gasteiger partial charge < -0.3 is 9.84 Å². The number of rotatable bonds is 5. The van der Waals surface area contributed by atoms with E-state index in [0.29, 0.717) is 13.2 Å². The van der Waals surface area contributed by atoms with Crippen LogP contribution in [0.4, 0.5) is 8.78 Å². The van der Waals surface area contributed by atoms with E-state index in [1.165, 1.54) is 0 Å². The van der Waals surface area contributed by atoms with Crippen LogP contribution in [-0.2, 0) is 4.74 Å². The fraction of sp³-hybridized carbons (Fsp3) is 1.00. The minimum absolute atomic E-state index is 0.0462. The Kier molecular flexibility index (Phi) is 5.29. The molecule has 1 rings (SSSR count). The smallest absolute Gasteiger partial charge is 0.251 e. The number of aliphatic hydroxyl groups excluding tert-OH is 1. The zero-order valence-electron chi connectivity index (χ0n) is 8.16. The third-order valence-corrected chi connectivity index (χ3v) is 2.41. The van der Waals surface area contributed by atoms with Gasteiger partial charge in [0.15, 0.2) is 0 Å². The van der Waals surface area contributed by atoms with Crippen molar-refractivity contribution >= 4 is 0 Å². The molecule has 1 aliphatic rings. The van der Waals surface area contributed by atoms with Gasteiger partial charge in [0, 0.05) is 19.2 Å². The number of hydrogen-bond acceptors (Lipinski definition) is 3. The summed E-state index contributed by atoms with van der Waals surface area (Å²) in [4.78, 5) is 1.61. The lowest BCUT2D eigenvalue weighted by Crippen LogP contribution is -2.44. The van der Waals surface area contributed by atoms with Crippen molar-refractivity contribution in [3.63, 3.8) is 0 Å². The van der Waals surface area contributed by atoms with Crippen molar-refractivity contribution < 1.29 is 18.6 Å².